The highest BCUT2D eigenvalue weighted by molar-refractivity contribution is 7.56. The Labute approximate surface area is 116 Å². The first-order chi connectivity index (χ1) is 9.33. The van der Waals surface area contributed by atoms with Gasteiger partial charge >= 0.3 is 0 Å². The van der Waals surface area contributed by atoms with E-state index in [1.807, 2.05) is 24.3 Å². The molecule has 0 spiro atoms. The van der Waals surface area contributed by atoms with E-state index < -0.39 is 8.38 Å². The molecule has 4 nitrogen and oxygen atoms in total. The van der Waals surface area contributed by atoms with E-state index in [0.29, 0.717) is 13.2 Å². The van der Waals surface area contributed by atoms with E-state index in [1.54, 1.807) is 7.11 Å². The van der Waals surface area contributed by atoms with Crippen LogP contribution in [-0.4, -0.2) is 27.1 Å². The molecule has 0 saturated heterocycles. The van der Waals surface area contributed by atoms with Crippen molar-refractivity contribution in [3.63, 3.8) is 0 Å². The van der Waals surface area contributed by atoms with Crippen LogP contribution in [0.4, 0.5) is 0 Å². The zero-order valence-corrected chi connectivity index (χ0v) is 12.8. The summed E-state index contributed by atoms with van der Waals surface area (Å²) in [6.07, 6.45) is 1.94. The largest absolute Gasteiger partial charge is 0.467 e. The van der Waals surface area contributed by atoms with Crippen LogP contribution in [0.2, 0.25) is 0 Å². The summed E-state index contributed by atoms with van der Waals surface area (Å²) in [5, 5.41) is 0.969. The number of para-hydroxylation sites is 1. The molecule has 0 amide bonds. The molecule has 0 saturated carbocycles. The molecule has 0 aromatic heterocycles. The van der Waals surface area contributed by atoms with E-state index in [0.717, 1.165) is 23.9 Å². The monoisotopic (exact) mass is 286 g/mol. The second-order valence-electron chi connectivity index (χ2n) is 3.94. The van der Waals surface area contributed by atoms with Gasteiger partial charge in [-0.05, 0) is 25.0 Å². The third-order valence-electron chi connectivity index (χ3n) is 2.22. The average molecular weight is 286 g/mol. The van der Waals surface area contributed by atoms with Crippen LogP contribution in [-0.2, 0) is 13.8 Å². The van der Waals surface area contributed by atoms with Gasteiger partial charge in [0.2, 0.25) is 8.38 Å². The van der Waals surface area contributed by atoms with Gasteiger partial charge in [-0.2, -0.15) is 0 Å². The summed E-state index contributed by atoms with van der Waals surface area (Å²) in [7, 11) is 0.518. The second kappa shape index (κ2) is 10.2. The Morgan fingerprint density at radius 3 is 2.21 bits per heavy atom. The zero-order chi connectivity index (χ0) is 13.9. The molecule has 0 aliphatic heterocycles. The maximum absolute atomic E-state index is 5.82. The maximum Gasteiger partial charge on any atom is 0.208 e. The normalized spacial score (nSPS) is 10.9. The fourth-order valence-electron chi connectivity index (χ4n) is 1.38. The van der Waals surface area contributed by atoms with E-state index >= 15 is 0 Å². The number of rotatable bonds is 10. The van der Waals surface area contributed by atoms with Crippen LogP contribution in [0.25, 0.3) is 0 Å². The molecule has 0 unspecified atom stereocenters. The van der Waals surface area contributed by atoms with Gasteiger partial charge in [0.1, 0.15) is 5.75 Å². The number of benzene rings is 1. The lowest BCUT2D eigenvalue weighted by Gasteiger charge is -2.19. The van der Waals surface area contributed by atoms with Crippen LogP contribution in [0, 0.1) is 0 Å². The van der Waals surface area contributed by atoms with Crippen LogP contribution in [0.3, 0.4) is 0 Å². The fraction of sp³-hybridized carbons (Fsp3) is 0.571. The zero-order valence-electron chi connectivity index (χ0n) is 11.9. The standard InChI is InChI=1S/C14H23O4P/c1-4-10-17-19(18-11-5-2)14-9-7-6-8-13(14)16-12-15-3/h6-9H,4-5,10-12H2,1-3H3. The van der Waals surface area contributed by atoms with Gasteiger partial charge in [0, 0.05) is 7.11 Å². The Kier molecular flexibility index (Phi) is 8.76. The molecule has 108 valence electrons. The Balaban J connectivity index is 2.79. The lowest BCUT2D eigenvalue weighted by Crippen LogP contribution is -2.13. The van der Waals surface area contributed by atoms with Crippen molar-refractivity contribution in [2.75, 3.05) is 27.1 Å². The Bertz CT molecular complexity index is 338. The minimum atomic E-state index is -1.09. The summed E-state index contributed by atoms with van der Waals surface area (Å²) in [6.45, 7) is 5.77. The molecule has 5 heteroatoms. The van der Waals surface area contributed by atoms with Crippen LogP contribution in [0.5, 0.6) is 5.75 Å². The van der Waals surface area contributed by atoms with Crippen LogP contribution < -0.4 is 10.0 Å². The van der Waals surface area contributed by atoms with Crippen molar-refractivity contribution in [2.45, 2.75) is 26.7 Å². The van der Waals surface area contributed by atoms with Crippen LogP contribution >= 0.6 is 8.38 Å². The average Bonchev–Trinajstić information content (AvgIpc) is 2.46. The van der Waals surface area contributed by atoms with Gasteiger partial charge < -0.3 is 18.5 Å². The van der Waals surface area contributed by atoms with Crippen molar-refractivity contribution < 1.29 is 18.5 Å². The van der Waals surface area contributed by atoms with Gasteiger partial charge in [-0.3, -0.25) is 0 Å². The fourth-order valence-corrected chi connectivity index (χ4v) is 2.95. The summed E-state index contributed by atoms with van der Waals surface area (Å²) < 4.78 is 22.2. The Hall–Kier alpha value is -0.670. The number of methoxy groups -OCH3 is 1. The predicted molar refractivity (Wildman–Crippen MR) is 78.0 cm³/mol. The summed E-state index contributed by atoms with van der Waals surface area (Å²) in [4.78, 5) is 0. The molecular formula is C14H23O4P. The van der Waals surface area contributed by atoms with Crippen molar-refractivity contribution in [3.05, 3.63) is 24.3 Å². The lowest BCUT2D eigenvalue weighted by molar-refractivity contribution is 0.0517. The summed E-state index contributed by atoms with van der Waals surface area (Å²) in [6, 6.07) is 7.80. The molecule has 0 aliphatic rings. The second-order valence-corrected chi connectivity index (χ2v) is 5.45. The third-order valence-corrected chi connectivity index (χ3v) is 3.82. The highest BCUT2D eigenvalue weighted by Crippen LogP contribution is 2.40. The molecule has 0 bridgehead atoms. The molecule has 0 radical (unpaired) electrons. The van der Waals surface area contributed by atoms with Gasteiger partial charge in [-0.25, -0.2) is 0 Å². The smallest absolute Gasteiger partial charge is 0.208 e. The van der Waals surface area contributed by atoms with Gasteiger partial charge in [0.15, 0.2) is 6.79 Å². The Morgan fingerprint density at radius 1 is 1.00 bits per heavy atom. The first-order valence-electron chi connectivity index (χ1n) is 6.60. The van der Waals surface area contributed by atoms with E-state index in [1.165, 1.54) is 0 Å². The summed E-state index contributed by atoms with van der Waals surface area (Å²) in [5.74, 6) is 0.766. The van der Waals surface area contributed by atoms with Gasteiger partial charge in [0.25, 0.3) is 0 Å². The highest BCUT2D eigenvalue weighted by Gasteiger charge is 2.18. The SMILES string of the molecule is CCCOP(OCCC)c1ccccc1OCOC. The van der Waals surface area contributed by atoms with Crippen LogP contribution in [0.15, 0.2) is 24.3 Å². The molecule has 0 atom stereocenters. The third kappa shape index (κ3) is 5.87. The van der Waals surface area contributed by atoms with Crippen molar-refractivity contribution >= 4 is 13.7 Å². The first-order valence-corrected chi connectivity index (χ1v) is 7.77. The lowest BCUT2D eigenvalue weighted by atomic mass is 10.3. The van der Waals surface area contributed by atoms with E-state index in [2.05, 4.69) is 13.8 Å². The van der Waals surface area contributed by atoms with Gasteiger partial charge in [-0.15, -0.1) is 0 Å². The topological polar surface area (TPSA) is 36.9 Å². The molecule has 0 N–H and O–H groups in total. The van der Waals surface area contributed by atoms with Crippen molar-refractivity contribution in [1.29, 1.82) is 0 Å². The summed E-state index contributed by atoms with van der Waals surface area (Å²) >= 11 is 0. The number of hydrogen-bond donors (Lipinski definition) is 0. The quantitative estimate of drug-likeness (QED) is 0.487. The molecule has 1 rings (SSSR count). The minimum absolute atomic E-state index is 0.224. The molecule has 1 aromatic carbocycles. The van der Waals surface area contributed by atoms with E-state index in [-0.39, 0.29) is 6.79 Å². The maximum atomic E-state index is 5.82. The van der Waals surface area contributed by atoms with Crippen molar-refractivity contribution in [2.24, 2.45) is 0 Å². The Morgan fingerprint density at radius 2 is 1.63 bits per heavy atom. The van der Waals surface area contributed by atoms with Crippen LogP contribution in [0.1, 0.15) is 26.7 Å². The van der Waals surface area contributed by atoms with Crippen molar-refractivity contribution in [3.8, 4) is 5.75 Å². The van der Waals surface area contributed by atoms with E-state index in [9.17, 15) is 0 Å². The predicted octanol–water partition coefficient (Wildman–Crippen LogP) is 3.46. The summed E-state index contributed by atoms with van der Waals surface area (Å²) in [5.41, 5.74) is 0. The minimum Gasteiger partial charge on any atom is -0.467 e. The molecule has 0 fully saturated rings. The highest BCUT2D eigenvalue weighted by atomic mass is 31.2. The molecule has 19 heavy (non-hydrogen) atoms. The number of ether oxygens (including phenoxy) is 2. The molecule has 1 aromatic rings. The van der Waals surface area contributed by atoms with E-state index in [4.69, 9.17) is 18.5 Å². The number of hydrogen-bond acceptors (Lipinski definition) is 4. The van der Waals surface area contributed by atoms with Crippen molar-refractivity contribution in [1.82, 2.24) is 0 Å². The van der Waals surface area contributed by atoms with Gasteiger partial charge in [-0.1, -0.05) is 26.0 Å². The van der Waals surface area contributed by atoms with Gasteiger partial charge in [0.05, 0.1) is 18.5 Å². The molecule has 0 heterocycles. The first kappa shape index (κ1) is 16.4. The molecular weight excluding hydrogens is 263 g/mol. The molecule has 0 aliphatic carbocycles.